The highest BCUT2D eigenvalue weighted by atomic mass is 35.5. The second-order valence-electron chi connectivity index (χ2n) is 9.97. The van der Waals surface area contributed by atoms with Gasteiger partial charge in [-0.05, 0) is 66.8 Å². The normalized spacial score (nSPS) is 18.8. The van der Waals surface area contributed by atoms with Crippen LogP contribution in [-0.2, 0) is 4.79 Å². The molecule has 1 aliphatic heterocycles. The Bertz CT molecular complexity index is 1560. The summed E-state index contributed by atoms with van der Waals surface area (Å²) in [6.07, 6.45) is 1.05. The fourth-order valence-electron chi connectivity index (χ4n) is 5.60. The molecule has 1 heterocycles. The van der Waals surface area contributed by atoms with Crippen LogP contribution in [0.2, 0.25) is 5.02 Å². The van der Waals surface area contributed by atoms with Gasteiger partial charge in [-0.15, -0.1) is 0 Å². The Labute approximate surface area is 227 Å². The monoisotopic (exact) mass is 518 g/mol. The van der Waals surface area contributed by atoms with E-state index in [2.05, 4.69) is 36.5 Å². The number of carbonyl (C=O) groups is 2. The van der Waals surface area contributed by atoms with Crippen molar-refractivity contribution in [2.75, 3.05) is 10.2 Å². The molecular formula is C33H27ClN2O2. The molecule has 4 aromatic rings. The van der Waals surface area contributed by atoms with Crippen LogP contribution in [0.1, 0.15) is 51.8 Å². The number of para-hydroxylation sites is 2. The third-order valence-electron chi connectivity index (χ3n) is 7.44. The number of allylic oxidation sites excluding steroid dienone is 1. The Kier molecular flexibility index (Phi) is 6.34. The van der Waals surface area contributed by atoms with Gasteiger partial charge in [0.25, 0.3) is 5.91 Å². The van der Waals surface area contributed by atoms with Gasteiger partial charge < -0.3 is 5.32 Å². The van der Waals surface area contributed by atoms with Gasteiger partial charge in [-0.2, -0.15) is 0 Å². The van der Waals surface area contributed by atoms with Crippen LogP contribution in [0.25, 0.3) is 0 Å². The number of ketones is 1. The quantitative estimate of drug-likeness (QED) is 0.300. The van der Waals surface area contributed by atoms with Crippen molar-refractivity contribution in [3.63, 3.8) is 0 Å². The van der Waals surface area contributed by atoms with E-state index in [1.165, 1.54) is 5.56 Å². The Hall–Kier alpha value is -4.15. The number of aryl methyl sites for hydroxylation is 1. The lowest BCUT2D eigenvalue weighted by atomic mass is 9.78. The van der Waals surface area contributed by atoms with E-state index in [0.29, 0.717) is 29.0 Å². The number of anilines is 2. The summed E-state index contributed by atoms with van der Waals surface area (Å²) in [5.41, 5.74) is 6.68. The Morgan fingerprint density at radius 1 is 0.842 bits per heavy atom. The zero-order chi connectivity index (χ0) is 26.2. The van der Waals surface area contributed by atoms with Crippen molar-refractivity contribution < 1.29 is 9.59 Å². The molecule has 1 amide bonds. The molecule has 0 saturated carbocycles. The second kappa shape index (κ2) is 9.96. The average molecular weight is 519 g/mol. The topological polar surface area (TPSA) is 49.4 Å². The van der Waals surface area contributed by atoms with Gasteiger partial charge in [-0.3, -0.25) is 14.5 Å². The molecule has 5 heteroatoms. The number of nitrogens with zero attached hydrogens (tertiary/aromatic N) is 1. The minimum Gasteiger partial charge on any atom is -0.357 e. The summed E-state index contributed by atoms with van der Waals surface area (Å²) in [7, 11) is 0. The van der Waals surface area contributed by atoms with Gasteiger partial charge in [0, 0.05) is 28.3 Å². The lowest BCUT2D eigenvalue weighted by Gasteiger charge is -2.35. The van der Waals surface area contributed by atoms with Crippen molar-refractivity contribution in [1.82, 2.24) is 0 Å². The van der Waals surface area contributed by atoms with Crippen LogP contribution in [-0.4, -0.2) is 11.7 Å². The maximum Gasteiger partial charge on any atom is 0.259 e. The predicted octanol–water partition coefficient (Wildman–Crippen LogP) is 7.86. The molecule has 2 aliphatic rings. The lowest BCUT2D eigenvalue weighted by molar-refractivity contribution is -0.116. The fourth-order valence-corrected chi connectivity index (χ4v) is 5.80. The number of nitrogens with one attached hydrogen (secondary N) is 1. The molecule has 0 bridgehead atoms. The van der Waals surface area contributed by atoms with E-state index >= 15 is 0 Å². The maximum atomic E-state index is 14.2. The van der Waals surface area contributed by atoms with Crippen molar-refractivity contribution in [1.29, 1.82) is 0 Å². The van der Waals surface area contributed by atoms with E-state index in [1.54, 1.807) is 4.90 Å². The van der Waals surface area contributed by atoms with E-state index in [0.717, 1.165) is 28.2 Å². The highest BCUT2D eigenvalue weighted by molar-refractivity contribution is 6.30. The lowest BCUT2D eigenvalue weighted by Crippen LogP contribution is -2.38. The van der Waals surface area contributed by atoms with Gasteiger partial charge in [-0.25, -0.2) is 0 Å². The standard InChI is InChI=1S/C33H27ClN2O2/c1-21-14-16-22(17-15-21)25-19-28-31(30(37)20-25)32(24-10-7-11-26(34)18-24)36(29-13-6-5-12-27(29)35-28)33(38)23-8-3-2-4-9-23/h2-18,25,32,35H,19-20H2,1H3. The second-order valence-corrected chi connectivity index (χ2v) is 10.4. The minimum absolute atomic E-state index is 0.0352. The van der Waals surface area contributed by atoms with E-state index in [4.69, 9.17) is 11.6 Å². The predicted molar refractivity (Wildman–Crippen MR) is 153 cm³/mol. The smallest absolute Gasteiger partial charge is 0.259 e. The summed E-state index contributed by atoms with van der Waals surface area (Å²) >= 11 is 6.46. The molecule has 4 aromatic carbocycles. The number of rotatable bonds is 3. The number of carbonyl (C=O) groups excluding carboxylic acids is 2. The van der Waals surface area contributed by atoms with Crippen LogP contribution in [0.5, 0.6) is 0 Å². The van der Waals surface area contributed by atoms with Crippen molar-refractivity contribution in [3.05, 3.63) is 142 Å². The van der Waals surface area contributed by atoms with Crippen LogP contribution < -0.4 is 10.2 Å². The minimum atomic E-state index is -0.626. The number of hydrogen-bond donors (Lipinski definition) is 1. The summed E-state index contributed by atoms with van der Waals surface area (Å²) in [4.78, 5) is 30.1. The first kappa shape index (κ1) is 24.2. The van der Waals surface area contributed by atoms with Crippen LogP contribution in [0.3, 0.4) is 0 Å². The summed E-state index contributed by atoms with van der Waals surface area (Å²) in [6.45, 7) is 2.06. The summed E-state index contributed by atoms with van der Waals surface area (Å²) in [5.74, 6) is -0.0853. The van der Waals surface area contributed by atoms with Crippen molar-refractivity contribution in [2.45, 2.75) is 31.7 Å². The van der Waals surface area contributed by atoms with Crippen LogP contribution in [0.4, 0.5) is 11.4 Å². The van der Waals surface area contributed by atoms with Gasteiger partial charge in [0.1, 0.15) is 0 Å². The molecule has 188 valence electrons. The molecule has 1 aliphatic carbocycles. The maximum absolute atomic E-state index is 14.2. The van der Waals surface area contributed by atoms with E-state index in [1.807, 2.05) is 78.9 Å². The molecule has 2 atom stereocenters. The molecular weight excluding hydrogens is 492 g/mol. The van der Waals surface area contributed by atoms with Crippen molar-refractivity contribution in [3.8, 4) is 0 Å². The van der Waals surface area contributed by atoms with Gasteiger partial charge in [0.2, 0.25) is 0 Å². The summed E-state index contributed by atoms with van der Waals surface area (Å²) < 4.78 is 0. The van der Waals surface area contributed by atoms with Gasteiger partial charge in [0.05, 0.1) is 17.4 Å². The fraction of sp³-hybridized carbons (Fsp3) is 0.152. The number of benzene rings is 4. The molecule has 38 heavy (non-hydrogen) atoms. The third kappa shape index (κ3) is 4.42. The number of hydrogen-bond acceptors (Lipinski definition) is 3. The molecule has 0 saturated heterocycles. The van der Waals surface area contributed by atoms with Crippen LogP contribution in [0, 0.1) is 6.92 Å². The molecule has 0 fully saturated rings. The Morgan fingerprint density at radius 3 is 2.34 bits per heavy atom. The number of fused-ring (bicyclic) bond motifs is 1. The van der Waals surface area contributed by atoms with Crippen molar-refractivity contribution in [2.24, 2.45) is 0 Å². The van der Waals surface area contributed by atoms with Gasteiger partial charge in [0.15, 0.2) is 5.78 Å². The molecule has 2 unspecified atom stereocenters. The first-order valence-corrected chi connectivity index (χ1v) is 13.2. The number of Topliss-reactive ketones (excluding diaryl/α,β-unsaturated/α-hetero) is 1. The molecule has 0 aromatic heterocycles. The largest absolute Gasteiger partial charge is 0.357 e. The first-order chi connectivity index (χ1) is 18.5. The summed E-state index contributed by atoms with van der Waals surface area (Å²) in [6, 6.07) is 32.2. The zero-order valence-corrected chi connectivity index (χ0v) is 21.8. The molecule has 4 nitrogen and oxygen atoms in total. The summed E-state index contributed by atoms with van der Waals surface area (Å²) in [5, 5.41) is 4.14. The highest BCUT2D eigenvalue weighted by Gasteiger charge is 2.41. The molecule has 1 N–H and O–H groups in total. The third-order valence-corrected chi connectivity index (χ3v) is 7.68. The molecule has 0 radical (unpaired) electrons. The van der Waals surface area contributed by atoms with E-state index in [-0.39, 0.29) is 17.6 Å². The van der Waals surface area contributed by atoms with Crippen molar-refractivity contribution >= 4 is 34.7 Å². The van der Waals surface area contributed by atoms with E-state index in [9.17, 15) is 9.59 Å². The van der Waals surface area contributed by atoms with Crippen LogP contribution >= 0.6 is 11.6 Å². The first-order valence-electron chi connectivity index (χ1n) is 12.8. The Morgan fingerprint density at radius 2 is 1.58 bits per heavy atom. The SMILES string of the molecule is Cc1ccc(C2CC(=O)C3=C(C2)Nc2ccccc2N(C(=O)c2ccccc2)C3c2cccc(Cl)c2)cc1. The van der Waals surface area contributed by atoms with Crippen LogP contribution in [0.15, 0.2) is 114 Å². The molecule has 0 spiro atoms. The number of amides is 1. The van der Waals surface area contributed by atoms with Gasteiger partial charge >= 0.3 is 0 Å². The highest BCUT2D eigenvalue weighted by Crippen LogP contribution is 2.48. The Balaban J connectivity index is 1.56. The van der Waals surface area contributed by atoms with Gasteiger partial charge in [-0.1, -0.05) is 83.9 Å². The zero-order valence-electron chi connectivity index (χ0n) is 21.0. The average Bonchev–Trinajstić information content (AvgIpc) is 3.08. The number of halogens is 1. The molecule has 6 rings (SSSR count). The van der Waals surface area contributed by atoms with E-state index < -0.39 is 6.04 Å².